The standard InChI is InChI=1S/C16H25N3O3S/c1-4-17-14-10-9-13(23(21,22)19(2)3)11-15(14)18-16(20)12-7-5-6-8-12/h9-12,17H,4-8H2,1-3H3,(H,18,20). The van der Waals surface area contributed by atoms with E-state index in [1.165, 1.54) is 20.2 Å². The van der Waals surface area contributed by atoms with Crippen LogP contribution in [0.15, 0.2) is 23.1 Å². The molecular formula is C16H25N3O3S. The number of anilines is 2. The normalized spacial score (nSPS) is 15.8. The van der Waals surface area contributed by atoms with E-state index in [0.717, 1.165) is 35.7 Å². The molecule has 23 heavy (non-hydrogen) atoms. The maximum Gasteiger partial charge on any atom is 0.242 e. The van der Waals surface area contributed by atoms with Crippen LogP contribution >= 0.6 is 0 Å². The molecule has 0 heterocycles. The number of nitrogens with one attached hydrogen (secondary N) is 2. The first-order valence-corrected chi connectivity index (χ1v) is 9.41. The van der Waals surface area contributed by atoms with Gasteiger partial charge in [-0.15, -0.1) is 0 Å². The van der Waals surface area contributed by atoms with Gasteiger partial charge in [0.1, 0.15) is 0 Å². The number of sulfonamides is 1. The molecule has 2 N–H and O–H groups in total. The molecule has 1 saturated carbocycles. The Kier molecular flexibility index (Phi) is 5.64. The second-order valence-electron chi connectivity index (χ2n) is 6.00. The Morgan fingerprint density at radius 1 is 1.22 bits per heavy atom. The van der Waals surface area contributed by atoms with Crippen LogP contribution in [0.5, 0.6) is 0 Å². The molecule has 1 amide bonds. The van der Waals surface area contributed by atoms with Crippen molar-refractivity contribution in [3.63, 3.8) is 0 Å². The fraction of sp³-hybridized carbons (Fsp3) is 0.562. The molecule has 2 rings (SSSR count). The molecule has 1 aromatic rings. The van der Waals surface area contributed by atoms with Gasteiger partial charge in [-0.3, -0.25) is 4.79 Å². The summed E-state index contributed by atoms with van der Waals surface area (Å²) < 4.78 is 25.7. The Bertz CT molecular complexity index is 665. The SMILES string of the molecule is CCNc1ccc(S(=O)(=O)N(C)C)cc1NC(=O)C1CCCC1. The third-order valence-electron chi connectivity index (χ3n) is 4.12. The fourth-order valence-corrected chi connectivity index (χ4v) is 3.69. The average Bonchev–Trinajstić information content (AvgIpc) is 3.03. The molecule has 6 nitrogen and oxygen atoms in total. The molecule has 0 aromatic heterocycles. The Morgan fingerprint density at radius 3 is 2.43 bits per heavy atom. The number of nitrogens with zero attached hydrogens (tertiary/aromatic N) is 1. The summed E-state index contributed by atoms with van der Waals surface area (Å²) in [5.41, 5.74) is 1.25. The molecule has 1 fully saturated rings. The lowest BCUT2D eigenvalue weighted by Gasteiger charge is -2.17. The van der Waals surface area contributed by atoms with Gasteiger partial charge in [0.2, 0.25) is 15.9 Å². The van der Waals surface area contributed by atoms with Crippen molar-refractivity contribution >= 4 is 27.3 Å². The number of benzene rings is 1. The number of carbonyl (C=O) groups excluding carboxylic acids is 1. The van der Waals surface area contributed by atoms with Crippen LogP contribution in [-0.4, -0.2) is 39.3 Å². The Balaban J connectivity index is 2.32. The highest BCUT2D eigenvalue weighted by atomic mass is 32.2. The minimum atomic E-state index is -3.53. The highest BCUT2D eigenvalue weighted by molar-refractivity contribution is 7.89. The number of hydrogen-bond donors (Lipinski definition) is 2. The molecule has 1 aliphatic rings. The third kappa shape index (κ3) is 4.03. The molecule has 1 aliphatic carbocycles. The molecule has 0 atom stereocenters. The third-order valence-corrected chi connectivity index (χ3v) is 5.93. The van der Waals surface area contributed by atoms with Crippen LogP contribution < -0.4 is 10.6 Å². The summed E-state index contributed by atoms with van der Waals surface area (Å²) >= 11 is 0. The number of hydrogen-bond acceptors (Lipinski definition) is 4. The maximum atomic E-state index is 12.4. The van der Waals surface area contributed by atoms with Gasteiger partial charge in [0, 0.05) is 26.6 Å². The molecule has 0 spiro atoms. The second kappa shape index (κ2) is 7.31. The van der Waals surface area contributed by atoms with Crippen LogP contribution in [0, 0.1) is 5.92 Å². The lowest BCUT2D eigenvalue weighted by Crippen LogP contribution is -2.24. The summed E-state index contributed by atoms with van der Waals surface area (Å²) in [5.74, 6) is -0.000331. The summed E-state index contributed by atoms with van der Waals surface area (Å²) in [7, 11) is -0.551. The molecule has 0 aliphatic heterocycles. The van der Waals surface area contributed by atoms with E-state index in [1.807, 2.05) is 6.92 Å². The zero-order valence-corrected chi connectivity index (χ0v) is 14.7. The van der Waals surface area contributed by atoms with Crippen molar-refractivity contribution in [3.05, 3.63) is 18.2 Å². The van der Waals surface area contributed by atoms with Gasteiger partial charge in [-0.1, -0.05) is 12.8 Å². The van der Waals surface area contributed by atoms with E-state index in [9.17, 15) is 13.2 Å². The first-order chi connectivity index (χ1) is 10.9. The van der Waals surface area contributed by atoms with Crippen LogP contribution in [-0.2, 0) is 14.8 Å². The topological polar surface area (TPSA) is 78.5 Å². The molecule has 7 heteroatoms. The van der Waals surface area contributed by atoms with Gasteiger partial charge in [0.05, 0.1) is 16.3 Å². The van der Waals surface area contributed by atoms with Crippen molar-refractivity contribution in [1.82, 2.24) is 4.31 Å². The Hall–Kier alpha value is -1.60. The predicted octanol–water partition coefficient (Wildman–Crippen LogP) is 2.50. The van der Waals surface area contributed by atoms with Gasteiger partial charge in [0.25, 0.3) is 0 Å². The summed E-state index contributed by atoms with van der Waals surface area (Å²) in [6.45, 7) is 2.64. The second-order valence-corrected chi connectivity index (χ2v) is 8.15. The van der Waals surface area contributed by atoms with Crippen LogP contribution in [0.2, 0.25) is 0 Å². The Morgan fingerprint density at radius 2 is 1.87 bits per heavy atom. The van der Waals surface area contributed by atoms with E-state index in [1.54, 1.807) is 12.1 Å². The van der Waals surface area contributed by atoms with Crippen molar-refractivity contribution in [3.8, 4) is 0 Å². The predicted molar refractivity (Wildman–Crippen MR) is 92.1 cm³/mol. The van der Waals surface area contributed by atoms with Crippen LogP contribution in [0.1, 0.15) is 32.6 Å². The largest absolute Gasteiger partial charge is 0.384 e. The smallest absolute Gasteiger partial charge is 0.242 e. The Labute approximate surface area is 138 Å². The number of rotatable bonds is 6. The molecule has 0 bridgehead atoms. The van der Waals surface area contributed by atoms with Crippen molar-refractivity contribution in [2.75, 3.05) is 31.3 Å². The molecule has 128 valence electrons. The number of carbonyl (C=O) groups is 1. The monoisotopic (exact) mass is 339 g/mol. The maximum absolute atomic E-state index is 12.4. The van der Waals surface area contributed by atoms with Gasteiger partial charge >= 0.3 is 0 Å². The first kappa shape index (κ1) is 17.7. The zero-order valence-electron chi connectivity index (χ0n) is 13.9. The van der Waals surface area contributed by atoms with Crippen molar-refractivity contribution in [2.45, 2.75) is 37.5 Å². The summed E-state index contributed by atoms with van der Waals surface area (Å²) in [4.78, 5) is 12.5. The van der Waals surface area contributed by atoms with Gasteiger partial charge in [-0.2, -0.15) is 0 Å². The first-order valence-electron chi connectivity index (χ1n) is 7.97. The molecular weight excluding hydrogens is 314 g/mol. The van der Waals surface area contributed by atoms with Gasteiger partial charge < -0.3 is 10.6 Å². The van der Waals surface area contributed by atoms with Gasteiger partial charge in [-0.25, -0.2) is 12.7 Å². The van der Waals surface area contributed by atoms with Gasteiger partial charge in [-0.05, 0) is 38.0 Å². The highest BCUT2D eigenvalue weighted by Gasteiger charge is 2.24. The molecule has 0 unspecified atom stereocenters. The van der Waals surface area contributed by atoms with Crippen molar-refractivity contribution < 1.29 is 13.2 Å². The summed E-state index contributed by atoms with van der Waals surface area (Å²) in [6.07, 6.45) is 3.95. The van der Waals surface area contributed by atoms with Crippen LogP contribution in [0.4, 0.5) is 11.4 Å². The molecule has 0 saturated heterocycles. The fourth-order valence-electron chi connectivity index (χ4n) is 2.77. The van der Waals surface area contributed by atoms with Gasteiger partial charge in [0.15, 0.2) is 0 Å². The van der Waals surface area contributed by atoms with Crippen molar-refractivity contribution in [2.24, 2.45) is 5.92 Å². The van der Waals surface area contributed by atoms with E-state index in [2.05, 4.69) is 10.6 Å². The van der Waals surface area contributed by atoms with Crippen LogP contribution in [0.25, 0.3) is 0 Å². The molecule has 1 aromatic carbocycles. The minimum absolute atomic E-state index is 0.0265. The average molecular weight is 339 g/mol. The number of amides is 1. The van der Waals surface area contributed by atoms with E-state index in [0.29, 0.717) is 12.2 Å². The summed E-state index contributed by atoms with van der Waals surface area (Å²) in [5, 5.41) is 6.06. The van der Waals surface area contributed by atoms with Crippen LogP contribution in [0.3, 0.4) is 0 Å². The molecule has 0 radical (unpaired) electrons. The lowest BCUT2D eigenvalue weighted by atomic mass is 10.1. The van der Waals surface area contributed by atoms with Crippen molar-refractivity contribution in [1.29, 1.82) is 0 Å². The van der Waals surface area contributed by atoms with E-state index in [4.69, 9.17) is 0 Å². The quantitative estimate of drug-likeness (QED) is 0.835. The minimum Gasteiger partial charge on any atom is -0.384 e. The summed E-state index contributed by atoms with van der Waals surface area (Å²) in [6, 6.07) is 4.78. The highest BCUT2D eigenvalue weighted by Crippen LogP contribution is 2.30. The van der Waals surface area contributed by atoms with E-state index >= 15 is 0 Å². The van der Waals surface area contributed by atoms with E-state index in [-0.39, 0.29) is 16.7 Å². The lowest BCUT2D eigenvalue weighted by molar-refractivity contribution is -0.119. The zero-order chi connectivity index (χ0) is 17.0. The van der Waals surface area contributed by atoms with E-state index < -0.39 is 10.0 Å².